The van der Waals surface area contributed by atoms with Gasteiger partial charge >= 0.3 is 0 Å². The molecule has 0 spiro atoms. The second-order valence-electron chi connectivity index (χ2n) is 5.46. The van der Waals surface area contributed by atoms with E-state index >= 15 is 0 Å². The molecule has 0 saturated heterocycles. The number of thioether (sulfide) groups is 1. The highest BCUT2D eigenvalue weighted by Gasteiger charge is 2.20. The zero-order valence-electron chi connectivity index (χ0n) is 12.9. The van der Waals surface area contributed by atoms with Gasteiger partial charge in [0, 0.05) is 43.1 Å². The van der Waals surface area contributed by atoms with Crippen LogP contribution in [0.4, 0.5) is 5.82 Å². The minimum absolute atomic E-state index is 0.0327. The number of anilines is 1. The minimum atomic E-state index is -0.511. The Hall–Kier alpha value is -1.35. The Kier molecular flexibility index (Phi) is 6.01. The Balaban J connectivity index is 2.04. The number of aliphatic hydroxyl groups excluding tert-OH is 2. The largest absolute Gasteiger partial charge is 0.396 e. The maximum atomic E-state index is 10.0. The minimum Gasteiger partial charge on any atom is -0.396 e. The molecule has 0 amide bonds. The molecule has 2 rings (SSSR count). The molecule has 1 unspecified atom stereocenters. The Bertz CT molecular complexity index is 606. The molecule has 0 bridgehead atoms. The molecule has 2 aromatic heterocycles. The molecule has 0 aliphatic rings. The second kappa shape index (κ2) is 7.77. The molecular formula is C14H23N5O2S. The maximum Gasteiger partial charge on any atom is 0.151 e. The van der Waals surface area contributed by atoms with Crippen molar-refractivity contribution >= 4 is 28.6 Å². The Labute approximate surface area is 133 Å². The number of nitrogens with zero attached hydrogens (tertiary/aromatic N) is 3. The van der Waals surface area contributed by atoms with Crippen LogP contribution in [-0.4, -0.2) is 68.4 Å². The summed E-state index contributed by atoms with van der Waals surface area (Å²) in [5, 5.41) is 19.5. The van der Waals surface area contributed by atoms with Crippen LogP contribution in [0.1, 0.15) is 5.56 Å². The summed E-state index contributed by atoms with van der Waals surface area (Å²) in [6.07, 6.45) is 4.76. The second-order valence-corrected chi connectivity index (χ2v) is 6.37. The molecule has 8 heteroatoms. The van der Waals surface area contributed by atoms with Gasteiger partial charge in [0.05, 0.1) is 11.6 Å². The molecule has 2 aromatic rings. The van der Waals surface area contributed by atoms with Crippen molar-refractivity contribution in [1.82, 2.24) is 19.9 Å². The highest BCUT2D eigenvalue weighted by molar-refractivity contribution is 7.98. The van der Waals surface area contributed by atoms with Gasteiger partial charge in [-0.05, 0) is 13.3 Å². The van der Waals surface area contributed by atoms with Crippen molar-refractivity contribution in [3.8, 4) is 0 Å². The molecule has 5 N–H and O–H groups in total. The van der Waals surface area contributed by atoms with Gasteiger partial charge in [0.25, 0.3) is 0 Å². The third kappa shape index (κ3) is 3.89. The summed E-state index contributed by atoms with van der Waals surface area (Å²) < 4.78 is 0. The first kappa shape index (κ1) is 17.0. The monoisotopic (exact) mass is 325 g/mol. The molecule has 22 heavy (non-hydrogen) atoms. The molecule has 0 radical (unpaired) electrons. The van der Waals surface area contributed by atoms with Crippen molar-refractivity contribution in [2.24, 2.45) is 5.92 Å². The van der Waals surface area contributed by atoms with Gasteiger partial charge in [0.1, 0.15) is 11.8 Å². The van der Waals surface area contributed by atoms with Crippen molar-refractivity contribution in [3.63, 3.8) is 0 Å². The summed E-state index contributed by atoms with van der Waals surface area (Å²) >= 11 is 1.57. The van der Waals surface area contributed by atoms with Crippen molar-refractivity contribution in [2.75, 3.05) is 37.9 Å². The summed E-state index contributed by atoms with van der Waals surface area (Å²) in [5.74, 6) is 0.889. The van der Waals surface area contributed by atoms with Crippen LogP contribution in [0.25, 0.3) is 11.0 Å². The number of hydrogen-bond donors (Lipinski definition) is 4. The number of H-pyrrole nitrogens is 1. The van der Waals surface area contributed by atoms with Crippen LogP contribution in [0, 0.1) is 5.92 Å². The normalized spacial score (nSPS) is 14.6. The van der Waals surface area contributed by atoms with E-state index in [4.69, 9.17) is 5.73 Å². The number of nitrogens with two attached hydrogens (primary N) is 1. The third-order valence-corrected chi connectivity index (χ3v) is 4.35. The van der Waals surface area contributed by atoms with Crippen LogP contribution in [0.15, 0.2) is 12.5 Å². The molecule has 2 atom stereocenters. The van der Waals surface area contributed by atoms with Crippen LogP contribution >= 0.6 is 11.8 Å². The van der Waals surface area contributed by atoms with E-state index in [0.29, 0.717) is 24.7 Å². The molecule has 0 saturated carbocycles. The summed E-state index contributed by atoms with van der Waals surface area (Å²) in [7, 11) is 1.96. The molecule has 0 fully saturated rings. The quantitative estimate of drug-likeness (QED) is 0.552. The van der Waals surface area contributed by atoms with E-state index in [1.54, 1.807) is 11.8 Å². The maximum absolute atomic E-state index is 10.0. The lowest BCUT2D eigenvalue weighted by atomic mass is 10.0. The number of nitrogens with one attached hydrogen (secondary N) is 1. The van der Waals surface area contributed by atoms with Crippen molar-refractivity contribution in [1.29, 1.82) is 0 Å². The number of aromatic nitrogens is 3. The molecule has 0 aliphatic carbocycles. The van der Waals surface area contributed by atoms with E-state index in [2.05, 4.69) is 19.9 Å². The van der Waals surface area contributed by atoms with Crippen LogP contribution in [0.5, 0.6) is 0 Å². The zero-order valence-corrected chi connectivity index (χ0v) is 13.7. The number of fused-ring (bicyclic) bond motifs is 1. The highest BCUT2D eigenvalue weighted by Crippen LogP contribution is 2.20. The molecule has 122 valence electrons. The van der Waals surface area contributed by atoms with Crippen LogP contribution in [-0.2, 0) is 6.54 Å². The first-order chi connectivity index (χ1) is 10.6. The van der Waals surface area contributed by atoms with Gasteiger partial charge < -0.3 is 25.8 Å². The van der Waals surface area contributed by atoms with E-state index < -0.39 is 6.10 Å². The van der Waals surface area contributed by atoms with E-state index in [9.17, 15) is 10.2 Å². The number of aliphatic hydroxyl groups is 2. The van der Waals surface area contributed by atoms with Crippen LogP contribution < -0.4 is 5.73 Å². The third-order valence-electron chi connectivity index (χ3n) is 3.67. The van der Waals surface area contributed by atoms with Gasteiger partial charge in [-0.1, -0.05) is 0 Å². The van der Waals surface area contributed by atoms with E-state index in [1.165, 1.54) is 6.33 Å². The van der Waals surface area contributed by atoms with Gasteiger partial charge in [-0.2, -0.15) is 11.8 Å². The number of aromatic amines is 1. The number of hydrogen-bond acceptors (Lipinski definition) is 7. The molecule has 7 nitrogen and oxygen atoms in total. The van der Waals surface area contributed by atoms with E-state index in [1.807, 2.05) is 19.5 Å². The van der Waals surface area contributed by atoms with Crippen LogP contribution in [0.2, 0.25) is 0 Å². The fraction of sp³-hybridized carbons (Fsp3) is 0.571. The zero-order chi connectivity index (χ0) is 16.1. The molecule has 0 aliphatic heterocycles. The number of nitrogen functional groups attached to an aromatic ring is 1. The predicted molar refractivity (Wildman–Crippen MR) is 89.6 cm³/mol. The fourth-order valence-electron chi connectivity index (χ4n) is 2.50. The standard InChI is InChI=1S/C14H23N5O2S/c1-19(5-10(6-20)11(21)7-22-2)4-9-3-16-13-12(9)17-8-18-14(13)15/h3,8,10-11,16,20-21H,4-7H2,1-2H3,(H2,15,17,18)/t10?,11-/m0/s1. The Morgan fingerprint density at radius 1 is 1.45 bits per heavy atom. The van der Waals surface area contributed by atoms with E-state index in [-0.39, 0.29) is 12.5 Å². The average Bonchev–Trinajstić information content (AvgIpc) is 2.89. The van der Waals surface area contributed by atoms with Gasteiger partial charge in [-0.25, -0.2) is 9.97 Å². The highest BCUT2D eigenvalue weighted by atomic mass is 32.2. The molecule has 2 heterocycles. The number of rotatable bonds is 8. The lowest BCUT2D eigenvalue weighted by Gasteiger charge is -2.26. The van der Waals surface area contributed by atoms with Gasteiger partial charge in [-0.15, -0.1) is 0 Å². The lowest BCUT2D eigenvalue weighted by Crippen LogP contribution is -2.36. The fourth-order valence-corrected chi connectivity index (χ4v) is 3.11. The van der Waals surface area contributed by atoms with Crippen molar-refractivity contribution in [2.45, 2.75) is 12.6 Å². The summed E-state index contributed by atoms with van der Waals surface area (Å²) in [6, 6.07) is 0. The smallest absolute Gasteiger partial charge is 0.151 e. The Morgan fingerprint density at radius 2 is 2.23 bits per heavy atom. The Morgan fingerprint density at radius 3 is 2.91 bits per heavy atom. The van der Waals surface area contributed by atoms with Gasteiger partial charge in [0.15, 0.2) is 5.82 Å². The summed E-state index contributed by atoms with van der Waals surface area (Å²) in [5.41, 5.74) is 8.38. The predicted octanol–water partition coefficient (Wildman–Crippen LogP) is 0.304. The average molecular weight is 325 g/mol. The lowest BCUT2D eigenvalue weighted by molar-refractivity contribution is 0.0614. The first-order valence-electron chi connectivity index (χ1n) is 7.09. The van der Waals surface area contributed by atoms with Gasteiger partial charge in [-0.3, -0.25) is 0 Å². The molecule has 0 aromatic carbocycles. The van der Waals surface area contributed by atoms with Crippen molar-refractivity contribution < 1.29 is 10.2 Å². The van der Waals surface area contributed by atoms with Crippen LogP contribution in [0.3, 0.4) is 0 Å². The van der Waals surface area contributed by atoms with Crippen molar-refractivity contribution in [3.05, 3.63) is 18.1 Å². The summed E-state index contributed by atoms with van der Waals surface area (Å²) in [4.78, 5) is 13.4. The van der Waals surface area contributed by atoms with Gasteiger partial charge in [0.2, 0.25) is 0 Å². The first-order valence-corrected chi connectivity index (χ1v) is 8.49. The molecular weight excluding hydrogens is 302 g/mol. The SMILES string of the molecule is CSC[C@H](O)C(CO)CN(C)Cc1c[nH]c2c(N)ncnc12. The summed E-state index contributed by atoms with van der Waals surface area (Å²) in [6.45, 7) is 1.22. The topological polar surface area (TPSA) is 111 Å². The van der Waals surface area contributed by atoms with E-state index in [0.717, 1.165) is 16.6 Å².